The highest BCUT2D eigenvalue weighted by atomic mass is 32.2. The molecule has 0 aliphatic heterocycles. The van der Waals surface area contributed by atoms with Crippen molar-refractivity contribution < 1.29 is 4.79 Å². The summed E-state index contributed by atoms with van der Waals surface area (Å²) >= 11 is 1.64. The number of benzene rings is 2. The molecule has 0 bridgehead atoms. The summed E-state index contributed by atoms with van der Waals surface area (Å²) < 4.78 is 1.76. The van der Waals surface area contributed by atoms with Gasteiger partial charge in [0.25, 0.3) is 5.91 Å². The lowest BCUT2D eigenvalue weighted by molar-refractivity contribution is 0.102. The molecule has 0 saturated heterocycles. The molecule has 2 aromatic carbocycles. The summed E-state index contributed by atoms with van der Waals surface area (Å²) in [7, 11) is 0. The van der Waals surface area contributed by atoms with Gasteiger partial charge in [-0.05, 0) is 42.7 Å². The van der Waals surface area contributed by atoms with Gasteiger partial charge in [-0.1, -0.05) is 12.1 Å². The van der Waals surface area contributed by atoms with Gasteiger partial charge in [-0.3, -0.25) is 9.36 Å². The van der Waals surface area contributed by atoms with Crippen LogP contribution in [0.1, 0.15) is 10.4 Å². The Labute approximate surface area is 132 Å². The molecule has 0 unspecified atom stereocenters. The van der Waals surface area contributed by atoms with E-state index >= 15 is 0 Å². The van der Waals surface area contributed by atoms with Gasteiger partial charge in [0.15, 0.2) is 0 Å². The number of hydrogen-bond acceptors (Lipinski definition) is 4. The first kappa shape index (κ1) is 14.3. The summed E-state index contributed by atoms with van der Waals surface area (Å²) in [5, 5.41) is 10.5. The summed E-state index contributed by atoms with van der Waals surface area (Å²) in [4.78, 5) is 13.5. The molecule has 3 aromatic rings. The molecule has 22 heavy (non-hydrogen) atoms. The third kappa shape index (κ3) is 3.17. The van der Waals surface area contributed by atoms with Crippen LogP contribution in [0.3, 0.4) is 0 Å². The lowest BCUT2D eigenvalue weighted by atomic mass is 10.2. The van der Waals surface area contributed by atoms with E-state index in [0.29, 0.717) is 5.56 Å². The Morgan fingerprint density at radius 2 is 1.86 bits per heavy atom. The van der Waals surface area contributed by atoms with Gasteiger partial charge in [0.1, 0.15) is 12.7 Å². The fourth-order valence-corrected chi connectivity index (χ4v) is 2.51. The van der Waals surface area contributed by atoms with Crippen LogP contribution < -0.4 is 5.32 Å². The number of rotatable bonds is 4. The van der Waals surface area contributed by atoms with Gasteiger partial charge in [-0.25, -0.2) is 0 Å². The van der Waals surface area contributed by atoms with Gasteiger partial charge in [-0.15, -0.1) is 22.0 Å². The quantitative estimate of drug-likeness (QED) is 0.752. The van der Waals surface area contributed by atoms with E-state index in [1.807, 2.05) is 42.7 Å². The van der Waals surface area contributed by atoms with Crippen molar-refractivity contribution in [1.82, 2.24) is 14.8 Å². The van der Waals surface area contributed by atoms with E-state index in [4.69, 9.17) is 0 Å². The lowest BCUT2D eigenvalue weighted by Crippen LogP contribution is -2.12. The topological polar surface area (TPSA) is 59.8 Å². The molecule has 1 N–H and O–H groups in total. The smallest absolute Gasteiger partial charge is 0.255 e. The highest BCUT2D eigenvalue weighted by molar-refractivity contribution is 7.98. The van der Waals surface area contributed by atoms with E-state index in [0.717, 1.165) is 16.3 Å². The lowest BCUT2D eigenvalue weighted by Gasteiger charge is -2.08. The van der Waals surface area contributed by atoms with Crippen molar-refractivity contribution >= 4 is 23.4 Å². The Hall–Kier alpha value is -2.60. The van der Waals surface area contributed by atoms with Crippen LogP contribution in [0.15, 0.2) is 66.1 Å². The number of hydrogen-bond donors (Lipinski definition) is 1. The molecule has 0 spiro atoms. The zero-order valence-electron chi connectivity index (χ0n) is 11.9. The van der Waals surface area contributed by atoms with Crippen LogP contribution >= 0.6 is 11.8 Å². The molecule has 1 aromatic heterocycles. The Balaban J connectivity index is 1.81. The fourth-order valence-electron chi connectivity index (χ4n) is 2.05. The number of carbonyl (C=O) groups is 1. The number of aromatic nitrogens is 3. The zero-order chi connectivity index (χ0) is 15.4. The third-order valence-electron chi connectivity index (χ3n) is 3.15. The average molecular weight is 310 g/mol. The number of carbonyl (C=O) groups excluding carboxylic acids is 1. The fraction of sp³-hybridized carbons (Fsp3) is 0.0625. The Bertz CT molecular complexity index is 786. The van der Waals surface area contributed by atoms with Crippen molar-refractivity contribution in [3.05, 3.63) is 66.7 Å². The summed E-state index contributed by atoms with van der Waals surface area (Å²) in [6.45, 7) is 0. The van der Waals surface area contributed by atoms with Gasteiger partial charge in [0.2, 0.25) is 0 Å². The SMILES string of the molecule is CSc1cccc(NC(=O)c2cccc(-n3cnnc3)c2)c1. The Kier molecular flexibility index (Phi) is 4.20. The second-order valence-electron chi connectivity index (χ2n) is 4.61. The summed E-state index contributed by atoms with van der Waals surface area (Å²) in [6.07, 6.45) is 5.20. The minimum absolute atomic E-state index is 0.145. The van der Waals surface area contributed by atoms with E-state index < -0.39 is 0 Å². The van der Waals surface area contributed by atoms with E-state index in [-0.39, 0.29) is 5.91 Å². The highest BCUT2D eigenvalue weighted by Crippen LogP contribution is 2.20. The van der Waals surface area contributed by atoms with Crippen LogP contribution in [0.2, 0.25) is 0 Å². The molecule has 1 amide bonds. The first-order valence-corrected chi connectivity index (χ1v) is 7.89. The summed E-state index contributed by atoms with van der Waals surface area (Å²) in [5.74, 6) is -0.145. The monoisotopic (exact) mass is 310 g/mol. The maximum Gasteiger partial charge on any atom is 0.255 e. The van der Waals surface area contributed by atoms with Crippen LogP contribution in [-0.4, -0.2) is 26.9 Å². The number of thioether (sulfide) groups is 1. The minimum atomic E-state index is -0.145. The van der Waals surface area contributed by atoms with Crippen molar-refractivity contribution in [3.8, 4) is 5.69 Å². The molecule has 0 aliphatic rings. The number of nitrogens with one attached hydrogen (secondary N) is 1. The van der Waals surface area contributed by atoms with Crippen LogP contribution in [0.5, 0.6) is 0 Å². The van der Waals surface area contributed by atoms with Crippen molar-refractivity contribution in [1.29, 1.82) is 0 Å². The van der Waals surface area contributed by atoms with Crippen molar-refractivity contribution in [2.45, 2.75) is 4.90 Å². The molecule has 0 saturated carbocycles. The Morgan fingerprint density at radius 1 is 1.09 bits per heavy atom. The average Bonchev–Trinajstić information content (AvgIpc) is 3.09. The largest absolute Gasteiger partial charge is 0.322 e. The van der Waals surface area contributed by atoms with Crippen LogP contribution in [-0.2, 0) is 0 Å². The standard InChI is InChI=1S/C16H14N4OS/c1-22-15-7-3-5-13(9-15)19-16(21)12-4-2-6-14(8-12)20-10-17-18-11-20/h2-11H,1H3,(H,19,21). The first-order valence-electron chi connectivity index (χ1n) is 6.67. The zero-order valence-corrected chi connectivity index (χ0v) is 12.7. The first-order chi connectivity index (χ1) is 10.8. The molecule has 0 aliphatic carbocycles. The minimum Gasteiger partial charge on any atom is -0.322 e. The highest BCUT2D eigenvalue weighted by Gasteiger charge is 2.08. The molecule has 1 heterocycles. The molecule has 5 nitrogen and oxygen atoms in total. The number of nitrogens with zero attached hydrogens (tertiary/aromatic N) is 3. The second kappa shape index (κ2) is 6.44. The van der Waals surface area contributed by atoms with Gasteiger partial charge in [0, 0.05) is 21.8 Å². The van der Waals surface area contributed by atoms with E-state index in [1.54, 1.807) is 41.1 Å². The Morgan fingerprint density at radius 3 is 2.64 bits per heavy atom. The van der Waals surface area contributed by atoms with Crippen molar-refractivity contribution in [2.24, 2.45) is 0 Å². The third-order valence-corrected chi connectivity index (χ3v) is 3.88. The number of amides is 1. The van der Waals surface area contributed by atoms with Gasteiger partial charge < -0.3 is 5.32 Å². The predicted octanol–water partition coefficient (Wildman–Crippen LogP) is 3.24. The molecule has 6 heteroatoms. The summed E-state index contributed by atoms with van der Waals surface area (Å²) in [6, 6.07) is 15.1. The van der Waals surface area contributed by atoms with Crippen LogP contribution in [0.4, 0.5) is 5.69 Å². The molecule has 0 atom stereocenters. The maximum atomic E-state index is 12.4. The van der Waals surface area contributed by atoms with Crippen LogP contribution in [0, 0.1) is 0 Å². The molecular formula is C16H14N4OS. The second-order valence-corrected chi connectivity index (χ2v) is 5.49. The molecule has 0 radical (unpaired) electrons. The molecule has 110 valence electrons. The molecule has 0 fully saturated rings. The summed E-state index contributed by atoms with van der Waals surface area (Å²) in [5.41, 5.74) is 2.21. The normalized spacial score (nSPS) is 10.4. The van der Waals surface area contributed by atoms with Crippen molar-refractivity contribution in [3.63, 3.8) is 0 Å². The van der Waals surface area contributed by atoms with E-state index in [1.165, 1.54) is 0 Å². The predicted molar refractivity (Wildman–Crippen MR) is 87.5 cm³/mol. The molecular weight excluding hydrogens is 296 g/mol. The van der Waals surface area contributed by atoms with Crippen molar-refractivity contribution in [2.75, 3.05) is 11.6 Å². The van der Waals surface area contributed by atoms with E-state index in [9.17, 15) is 4.79 Å². The number of anilines is 1. The van der Waals surface area contributed by atoms with Gasteiger partial charge >= 0.3 is 0 Å². The van der Waals surface area contributed by atoms with Crippen LogP contribution in [0.25, 0.3) is 5.69 Å². The van der Waals surface area contributed by atoms with E-state index in [2.05, 4.69) is 15.5 Å². The van der Waals surface area contributed by atoms with Gasteiger partial charge in [0.05, 0.1) is 0 Å². The van der Waals surface area contributed by atoms with Gasteiger partial charge in [-0.2, -0.15) is 0 Å². The maximum absolute atomic E-state index is 12.4. The molecule has 3 rings (SSSR count).